The van der Waals surface area contributed by atoms with Crippen molar-refractivity contribution in [3.05, 3.63) is 26.7 Å². The third-order valence-corrected chi connectivity index (χ3v) is 3.11. The molecule has 4 heteroatoms. The van der Waals surface area contributed by atoms with Crippen LogP contribution in [0.3, 0.4) is 0 Å². The van der Waals surface area contributed by atoms with Crippen LogP contribution in [0.5, 0.6) is 5.75 Å². The molecule has 0 aromatic heterocycles. The average Bonchev–Trinajstić information content (AvgIpc) is 2.09. The van der Waals surface area contributed by atoms with Crippen LogP contribution in [0, 0.1) is 13.8 Å². The summed E-state index contributed by atoms with van der Waals surface area (Å²) in [6.07, 6.45) is 0. The van der Waals surface area contributed by atoms with E-state index >= 15 is 0 Å². The van der Waals surface area contributed by atoms with Crippen molar-refractivity contribution in [2.45, 2.75) is 13.8 Å². The largest absolute Gasteiger partial charge is 0.460 e. The maximum atomic E-state index is 12.0. The molecule has 0 fully saturated rings. The van der Waals surface area contributed by atoms with E-state index in [-0.39, 0.29) is 0 Å². The summed E-state index contributed by atoms with van der Waals surface area (Å²) in [5, 5.41) is 0.424. The molecule has 1 aromatic carbocycles. The van der Waals surface area contributed by atoms with Gasteiger partial charge in [-0.15, -0.1) is 0 Å². The minimum Gasteiger partial charge on any atom is -0.460 e. The molecule has 1 nitrogen and oxygen atoms in total. The average molecular weight is 268 g/mol. The zero-order chi connectivity index (χ0) is 10.0. The first-order valence-corrected chi connectivity index (χ1v) is 4.89. The number of halogens is 3. The van der Waals surface area contributed by atoms with Gasteiger partial charge < -0.3 is 4.74 Å². The quantitative estimate of drug-likeness (QED) is 0.786. The number of aryl methyl sites for hydroxylation is 1. The monoisotopic (exact) mass is 266 g/mol. The molecule has 0 bridgehead atoms. The van der Waals surface area contributed by atoms with E-state index in [2.05, 4.69) is 15.9 Å². The second kappa shape index (κ2) is 4.29. The summed E-state index contributed by atoms with van der Waals surface area (Å²) in [5.74, 6) is 0.368. The Labute approximate surface area is 90.0 Å². The van der Waals surface area contributed by atoms with Gasteiger partial charge in [0.05, 0.1) is 9.50 Å². The van der Waals surface area contributed by atoms with E-state index in [1.807, 2.05) is 13.8 Å². The molecule has 0 heterocycles. The predicted molar refractivity (Wildman–Crippen MR) is 55.2 cm³/mol. The standard InChI is InChI=1S/C9H9BrClFO/c1-5-3-7(11)9(13-4-12)8(10)6(5)2/h3H,4H2,1-2H3. The molecular weight excluding hydrogens is 258 g/mol. The van der Waals surface area contributed by atoms with Crippen LogP contribution in [-0.2, 0) is 0 Å². The van der Waals surface area contributed by atoms with Crippen LogP contribution in [0.25, 0.3) is 0 Å². The SMILES string of the molecule is Cc1cc(Cl)c(OCF)c(Br)c1C. The summed E-state index contributed by atoms with van der Waals surface area (Å²) in [6, 6.07) is 1.76. The molecule has 0 spiro atoms. The van der Waals surface area contributed by atoms with E-state index in [1.165, 1.54) is 0 Å². The van der Waals surface area contributed by atoms with Crippen LogP contribution in [0.2, 0.25) is 5.02 Å². The third kappa shape index (κ3) is 2.15. The lowest BCUT2D eigenvalue weighted by Crippen LogP contribution is -1.95. The normalized spacial score (nSPS) is 10.2. The Morgan fingerprint density at radius 3 is 2.69 bits per heavy atom. The molecular formula is C9H9BrClFO. The second-order valence-electron chi connectivity index (χ2n) is 2.70. The summed E-state index contributed by atoms with van der Waals surface area (Å²) in [6.45, 7) is 2.98. The Morgan fingerprint density at radius 1 is 1.54 bits per heavy atom. The van der Waals surface area contributed by atoms with Gasteiger partial charge in [0.1, 0.15) is 0 Å². The Bertz CT molecular complexity index is 328. The van der Waals surface area contributed by atoms with Gasteiger partial charge >= 0.3 is 0 Å². The first kappa shape index (κ1) is 10.8. The number of alkyl halides is 1. The smallest absolute Gasteiger partial charge is 0.228 e. The molecule has 0 unspecified atom stereocenters. The van der Waals surface area contributed by atoms with Crippen LogP contribution < -0.4 is 4.74 Å². The van der Waals surface area contributed by atoms with Crippen LogP contribution in [0.1, 0.15) is 11.1 Å². The van der Waals surface area contributed by atoms with Gasteiger partial charge in [0, 0.05) is 0 Å². The lowest BCUT2D eigenvalue weighted by Gasteiger charge is -2.11. The highest BCUT2D eigenvalue weighted by Gasteiger charge is 2.11. The fraction of sp³-hybridized carbons (Fsp3) is 0.333. The van der Waals surface area contributed by atoms with Crippen LogP contribution in [-0.4, -0.2) is 6.86 Å². The fourth-order valence-corrected chi connectivity index (χ4v) is 2.07. The maximum Gasteiger partial charge on any atom is 0.228 e. The first-order valence-electron chi connectivity index (χ1n) is 3.72. The van der Waals surface area contributed by atoms with Crippen LogP contribution >= 0.6 is 27.5 Å². The number of benzene rings is 1. The molecule has 1 aromatic rings. The van der Waals surface area contributed by atoms with Crippen molar-refractivity contribution in [3.63, 3.8) is 0 Å². The highest BCUT2D eigenvalue weighted by atomic mass is 79.9. The third-order valence-electron chi connectivity index (χ3n) is 1.88. The molecule has 0 aliphatic carbocycles. The molecule has 0 saturated heterocycles. The Kier molecular flexibility index (Phi) is 3.56. The van der Waals surface area contributed by atoms with Crippen LogP contribution in [0.4, 0.5) is 4.39 Å². The Balaban J connectivity index is 3.26. The van der Waals surface area contributed by atoms with Gasteiger partial charge in [-0.05, 0) is 47.0 Å². The van der Waals surface area contributed by atoms with E-state index in [1.54, 1.807) is 6.07 Å². The molecule has 0 aliphatic rings. The summed E-state index contributed by atoms with van der Waals surface area (Å²) in [7, 11) is 0. The summed E-state index contributed by atoms with van der Waals surface area (Å²) in [5.41, 5.74) is 2.05. The Morgan fingerprint density at radius 2 is 2.15 bits per heavy atom. The lowest BCUT2D eigenvalue weighted by molar-refractivity contribution is 0.190. The van der Waals surface area contributed by atoms with Gasteiger partial charge in [-0.2, -0.15) is 0 Å². The summed E-state index contributed by atoms with van der Waals surface area (Å²) >= 11 is 9.17. The zero-order valence-electron chi connectivity index (χ0n) is 7.33. The zero-order valence-corrected chi connectivity index (χ0v) is 9.67. The highest BCUT2D eigenvalue weighted by molar-refractivity contribution is 9.10. The maximum absolute atomic E-state index is 12.0. The van der Waals surface area contributed by atoms with Gasteiger partial charge in [-0.25, -0.2) is 4.39 Å². The molecule has 0 N–H and O–H groups in total. The fourth-order valence-electron chi connectivity index (χ4n) is 0.999. The van der Waals surface area contributed by atoms with Gasteiger partial charge in [-0.3, -0.25) is 0 Å². The minimum atomic E-state index is -0.874. The van der Waals surface area contributed by atoms with E-state index in [4.69, 9.17) is 16.3 Å². The van der Waals surface area contributed by atoms with E-state index < -0.39 is 6.86 Å². The van der Waals surface area contributed by atoms with Crippen molar-refractivity contribution in [3.8, 4) is 5.75 Å². The summed E-state index contributed by atoms with van der Waals surface area (Å²) < 4.78 is 17.4. The summed E-state index contributed by atoms with van der Waals surface area (Å²) in [4.78, 5) is 0. The number of rotatable bonds is 2. The van der Waals surface area contributed by atoms with Crippen LogP contribution in [0.15, 0.2) is 10.5 Å². The molecule has 0 atom stereocenters. The lowest BCUT2D eigenvalue weighted by atomic mass is 10.1. The molecule has 0 aliphatic heterocycles. The van der Waals surface area contributed by atoms with E-state index in [0.717, 1.165) is 15.6 Å². The van der Waals surface area contributed by atoms with Crippen molar-refractivity contribution >= 4 is 27.5 Å². The number of hydrogen-bond donors (Lipinski definition) is 0. The molecule has 0 saturated carbocycles. The van der Waals surface area contributed by atoms with Gasteiger partial charge in [0.15, 0.2) is 5.75 Å². The van der Waals surface area contributed by atoms with Crippen molar-refractivity contribution < 1.29 is 9.13 Å². The molecule has 1 rings (SSSR count). The van der Waals surface area contributed by atoms with Gasteiger partial charge in [0.25, 0.3) is 0 Å². The molecule has 0 radical (unpaired) electrons. The van der Waals surface area contributed by atoms with Crippen molar-refractivity contribution in [2.75, 3.05) is 6.86 Å². The predicted octanol–water partition coefficient (Wildman–Crippen LogP) is 4.03. The molecule has 13 heavy (non-hydrogen) atoms. The van der Waals surface area contributed by atoms with E-state index in [0.29, 0.717) is 10.8 Å². The van der Waals surface area contributed by atoms with Gasteiger partial charge in [0.2, 0.25) is 6.86 Å². The molecule has 72 valence electrons. The topological polar surface area (TPSA) is 9.23 Å². The van der Waals surface area contributed by atoms with Crippen molar-refractivity contribution in [2.24, 2.45) is 0 Å². The second-order valence-corrected chi connectivity index (χ2v) is 3.90. The van der Waals surface area contributed by atoms with Crippen molar-refractivity contribution in [1.82, 2.24) is 0 Å². The highest BCUT2D eigenvalue weighted by Crippen LogP contribution is 2.37. The number of hydrogen-bond acceptors (Lipinski definition) is 1. The Hall–Kier alpha value is -0.280. The first-order chi connectivity index (χ1) is 6.07. The van der Waals surface area contributed by atoms with Gasteiger partial charge in [-0.1, -0.05) is 11.6 Å². The molecule has 0 amide bonds. The van der Waals surface area contributed by atoms with Crippen molar-refractivity contribution in [1.29, 1.82) is 0 Å². The minimum absolute atomic E-state index is 0.368. The van der Waals surface area contributed by atoms with E-state index in [9.17, 15) is 4.39 Å². The number of ether oxygens (including phenoxy) is 1.